The number of carbonyl (C=O) groups is 1. The summed E-state index contributed by atoms with van der Waals surface area (Å²) in [5, 5.41) is 10.0. The van der Waals surface area contributed by atoms with Gasteiger partial charge in [-0.15, -0.1) is 0 Å². The van der Waals surface area contributed by atoms with Gasteiger partial charge in [-0.3, -0.25) is 4.79 Å². The molecule has 12 heteroatoms. The predicted octanol–water partition coefficient (Wildman–Crippen LogP) is 5.97. The van der Waals surface area contributed by atoms with Crippen LogP contribution in [0.2, 0.25) is 10.0 Å². The van der Waals surface area contributed by atoms with E-state index in [1.54, 1.807) is 25.1 Å². The van der Waals surface area contributed by atoms with Gasteiger partial charge in [-0.2, -0.15) is 18.3 Å². The van der Waals surface area contributed by atoms with Crippen LogP contribution in [0.15, 0.2) is 59.8 Å². The van der Waals surface area contributed by atoms with Crippen molar-refractivity contribution < 1.29 is 22.7 Å². The van der Waals surface area contributed by atoms with Crippen molar-refractivity contribution >= 4 is 46.3 Å². The smallest absolute Gasteiger partial charge is 0.378 e. The van der Waals surface area contributed by atoms with E-state index in [9.17, 15) is 18.0 Å². The van der Waals surface area contributed by atoms with Gasteiger partial charge in [0, 0.05) is 36.2 Å². The van der Waals surface area contributed by atoms with E-state index in [0.717, 1.165) is 29.5 Å². The Morgan fingerprint density at radius 3 is 2.43 bits per heavy atom. The van der Waals surface area contributed by atoms with Gasteiger partial charge in [0.15, 0.2) is 5.69 Å². The third-order valence-corrected chi connectivity index (χ3v) is 7.01. The zero-order valence-corrected chi connectivity index (χ0v) is 21.1. The number of alkyl halides is 3. The summed E-state index contributed by atoms with van der Waals surface area (Å²) in [5.74, 6) is -0.387. The molecule has 3 heterocycles. The summed E-state index contributed by atoms with van der Waals surface area (Å²) in [7, 11) is 0. The molecular weight excluding hydrogens is 530 g/mol. The zero-order valence-electron chi connectivity index (χ0n) is 19.6. The molecule has 2 aromatic carbocycles. The highest BCUT2D eigenvalue weighted by molar-refractivity contribution is 6.42. The van der Waals surface area contributed by atoms with Gasteiger partial charge in [-0.1, -0.05) is 29.3 Å². The molecule has 0 saturated carbocycles. The fourth-order valence-corrected chi connectivity index (χ4v) is 4.78. The van der Waals surface area contributed by atoms with Crippen LogP contribution in [0.1, 0.15) is 24.2 Å². The van der Waals surface area contributed by atoms with Crippen molar-refractivity contribution in [1.29, 1.82) is 0 Å². The normalized spacial score (nSPS) is 17.9. The number of morpholine rings is 1. The Balaban J connectivity index is 1.48. The third kappa shape index (κ3) is 5.14. The van der Waals surface area contributed by atoms with Gasteiger partial charge < -0.3 is 20.3 Å². The number of nitrogens with zero attached hydrogens (tertiary/aromatic N) is 3. The Kier molecular flexibility index (Phi) is 6.82. The number of aromatic nitrogens is 2. The number of nitrogens with one attached hydrogen (secondary N) is 2. The highest BCUT2D eigenvalue weighted by Gasteiger charge is 2.39. The molecule has 1 unspecified atom stereocenters. The number of carbonyl (C=O) groups excluding carboxylic acids is 1. The van der Waals surface area contributed by atoms with Gasteiger partial charge in [0.25, 0.3) is 5.91 Å². The molecular formula is C25H22Cl2F3N5O2. The summed E-state index contributed by atoms with van der Waals surface area (Å²) in [6, 6.07) is 12.0. The lowest BCUT2D eigenvalue weighted by atomic mass is 9.94. The molecule has 2 N–H and O–H groups in total. The van der Waals surface area contributed by atoms with Crippen LogP contribution >= 0.6 is 23.2 Å². The summed E-state index contributed by atoms with van der Waals surface area (Å²) in [4.78, 5) is 15.7. The summed E-state index contributed by atoms with van der Waals surface area (Å²) in [6.45, 7) is 4.49. The quantitative estimate of drug-likeness (QED) is 0.417. The standard InChI is InChI=1S/C25H22Cl2F3N5O2/c1-14-22(24(36)32-16-3-5-17(6-4-16)34-8-10-37-11-9-34)23(15-2-7-18(26)19(27)12-15)35-21(31-14)13-20(33-35)25(28,29)30/h2-7,12-13,23,31H,8-11H2,1H3,(H,32,36). The fourth-order valence-electron chi connectivity index (χ4n) is 4.47. The van der Waals surface area contributed by atoms with Crippen LogP contribution in [0.5, 0.6) is 0 Å². The number of halogens is 5. The molecule has 1 atom stereocenters. The Labute approximate surface area is 220 Å². The summed E-state index contributed by atoms with van der Waals surface area (Å²) >= 11 is 12.3. The summed E-state index contributed by atoms with van der Waals surface area (Å²) in [5.41, 5.74) is 1.51. The molecule has 194 valence electrons. The molecule has 2 aliphatic rings. The van der Waals surface area contributed by atoms with E-state index in [1.807, 2.05) is 12.1 Å². The van der Waals surface area contributed by atoms with Crippen LogP contribution in [-0.4, -0.2) is 42.0 Å². The van der Waals surface area contributed by atoms with Crippen LogP contribution in [0.4, 0.5) is 30.4 Å². The highest BCUT2D eigenvalue weighted by Crippen LogP contribution is 2.41. The van der Waals surface area contributed by atoms with Gasteiger partial charge in [0.1, 0.15) is 11.9 Å². The molecule has 0 aliphatic carbocycles. The van der Waals surface area contributed by atoms with Gasteiger partial charge in [-0.05, 0) is 48.9 Å². The number of benzene rings is 2. The van der Waals surface area contributed by atoms with Crippen molar-refractivity contribution in [3.8, 4) is 0 Å². The maximum atomic E-state index is 13.6. The topological polar surface area (TPSA) is 71.4 Å². The van der Waals surface area contributed by atoms with Crippen molar-refractivity contribution in [3.63, 3.8) is 0 Å². The van der Waals surface area contributed by atoms with E-state index in [2.05, 4.69) is 20.6 Å². The molecule has 1 aromatic heterocycles. The molecule has 7 nitrogen and oxygen atoms in total. The number of fused-ring (bicyclic) bond motifs is 1. The Morgan fingerprint density at radius 2 is 1.78 bits per heavy atom. The first kappa shape index (κ1) is 25.4. The van der Waals surface area contributed by atoms with Crippen LogP contribution in [0.25, 0.3) is 0 Å². The highest BCUT2D eigenvalue weighted by atomic mass is 35.5. The van der Waals surface area contributed by atoms with Crippen LogP contribution in [-0.2, 0) is 15.7 Å². The zero-order chi connectivity index (χ0) is 26.3. The maximum Gasteiger partial charge on any atom is 0.435 e. The van der Waals surface area contributed by atoms with Crippen LogP contribution in [0.3, 0.4) is 0 Å². The van der Waals surface area contributed by atoms with E-state index in [0.29, 0.717) is 30.2 Å². The summed E-state index contributed by atoms with van der Waals surface area (Å²) in [6.07, 6.45) is -4.66. The first-order valence-electron chi connectivity index (χ1n) is 11.5. The van der Waals surface area contributed by atoms with Gasteiger partial charge in [0.05, 0.1) is 28.8 Å². The molecule has 0 bridgehead atoms. The van der Waals surface area contributed by atoms with Gasteiger partial charge in [-0.25, -0.2) is 4.68 Å². The van der Waals surface area contributed by atoms with E-state index in [4.69, 9.17) is 27.9 Å². The molecule has 37 heavy (non-hydrogen) atoms. The number of amides is 1. The minimum absolute atomic E-state index is 0.104. The fraction of sp³-hybridized carbons (Fsp3) is 0.280. The first-order valence-corrected chi connectivity index (χ1v) is 12.2. The van der Waals surface area contributed by atoms with E-state index in [-0.39, 0.29) is 21.4 Å². The van der Waals surface area contributed by atoms with Crippen molar-refractivity contribution in [3.05, 3.63) is 81.1 Å². The van der Waals surface area contributed by atoms with Crippen molar-refractivity contribution in [2.75, 3.05) is 41.8 Å². The number of hydrogen-bond donors (Lipinski definition) is 2. The minimum atomic E-state index is -4.66. The number of anilines is 3. The lowest BCUT2D eigenvalue weighted by molar-refractivity contribution is -0.141. The monoisotopic (exact) mass is 551 g/mol. The van der Waals surface area contributed by atoms with Gasteiger partial charge in [0.2, 0.25) is 0 Å². The molecule has 1 saturated heterocycles. The SMILES string of the molecule is CC1=C(C(=O)Nc2ccc(N3CCOCC3)cc2)C(c2ccc(Cl)c(Cl)c2)n2nc(C(F)(F)F)cc2N1. The second-order valence-corrected chi connectivity index (χ2v) is 9.51. The Hall–Kier alpha value is -3.21. The lowest BCUT2D eigenvalue weighted by Gasteiger charge is -2.30. The lowest BCUT2D eigenvalue weighted by Crippen LogP contribution is -2.36. The summed E-state index contributed by atoms with van der Waals surface area (Å²) < 4.78 is 47.0. The predicted molar refractivity (Wildman–Crippen MR) is 136 cm³/mol. The molecule has 1 amide bonds. The largest absolute Gasteiger partial charge is 0.435 e. The van der Waals surface area contributed by atoms with E-state index >= 15 is 0 Å². The average molecular weight is 552 g/mol. The number of hydrogen-bond acceptors (Lipinski definition) is 5. The van der Waals surface area contributed by atoms with Crippen molar-refractivity contribution in [2.24, 2.45) is 0 Å². The van der Waals surface area contributed by atoms with Crippen molar-refractivity contribution in [1.82, 2.24) is 9.78 Å². The Morgan fingerprint density at radius 1 is 1.08 bits per heavy atom. The molecule has 2 aliphatic heterocycles. The van der Waals surface area contributed by atoms with Gasteiger partial charge >= 0.3 is 6.18 Å². The van der Waals surface area contributed by atoms with E-state index in [1.165, 1.54) is 12.1 Å². The molecule has 0 radical (unpaired) electrons. The first-order chi connectivity index (χ1) is 17.6. The number of rotatable bonds is 4. The Bertz CT molecular complexity index is 1370. The average Bonchev–Trinajstić information content (AvgIpc) is 3.30. The molecule has 3 aromatic rings. The minimum Gasteiger partial charge on any atom is -0.378 e. The van der Waals surface area contributed by atoms with E-state index < -0.39 is 23.8 Å². The molecule has 5 rings (SSSR count). The second kappa shape index (κ2) is 9.92. The second-order valence-electron chi connectivity index (χ2n) is 8.70. The van der Waals surface area contributed by atoms with Crippen LogP contribution < -0.4 is 15.5 Å². The number of allylic oxidation sites excluding steroid dienone is 1. The number of ether oxygens (including phenoxy) is 1. The molecule has 1 fully saturated rings. The van der Waals surface area contributed by atoms with Crippen LogP contribution in [0, 0.1) is 0 Å². The third-order valence-electron chi connectivity index (χ3n) is 6.27. The molecule has 0 spiro atoms. The maximum absolute atomic E-state index is 13.6. The van der Waals surface area contributed by atoms with Crippen molar-refractivity contribution in [2.45, 2.75) is 19.1 Å².